The summed E-state index contributed by atoms with van der Waals surface area (Å²) in [6, 6.07) is 16.1. The van der Waals surface area contributed by atoms with Crippen LogP contribution in [0.3, 0.4) is 0 Å². The van der Waals surface area contributed by atoms with Crippen molar-refractivity contribution < 1.29 is 27.2 Å². The van der Waals surface area contributed by atoms with Crippen LogP contribution in [0.2, 0.25) is 0 Å². The molecule has 0 bridgehead atoms. The van der Waals surface area contributed by atoms with Gasteiger partial charge in [-0.3, -0.25) is 9.69 Å². The van der Waals surface area contributed by atoms with Crippen LogP contribution in [0.25, 0.3) is 0 Å². The van der Waals surface area contributed by atoms with E-state index in [1.54, 1.807) is 41.3 Å². The molecule has 4 rings (SSSR count). The molecular weight excluding hydrogens is 458 g/mol. The highest BCUT2D eigenvalue weighted by Gasteiger charge is 2.34. The number of thioether (sulfide) groups is 1. The van der Waals surface area contributed by atoms with E-state index in [4.69, 9.17) is 0 Å². The molecule has 3 aromatic rings. The molecule has 1 saturated heterocycles. The molecule has 0 saturated carbocycles. The van der Waals surface area contributed by atoms with E-state index in [0.717, 1.165) is 17.7 Å². The van der Waals surface area contributed by atoms with Gasteiger partial charge in [0.05, 0.1) is 11.3 Å². The summed E-state index contributed by atoms with van der Waals surface area (Å²) in [6.45, 7) is 0. The molecule has 1 atom stereocenters. The van der Waals surface area contributed by atoms with Gasteiger partial charge in [0.15, 0.2) is 0 Å². The number of benzene rings is 3. The molecule has 1 fully saturated rings. The maximum absolute atomic E-state index is 13.3. The first kappa shape index (κ1) is 22.7. The Morgan fingerprint density at radius 3 is 2.27 bits per heavy atom. The largest absolute Gasteiger partial charge is 0.416 e. The number of rotatable bonds is 4. The second kappa shape index (κ2) is 9.14. The van der Waals surface area contributed by atoms with Crippen LogP contribution in [0.15, 0.2) is 72.8 Å². The van der Waals surface area contributed by atoms with Crippen LogP contribution in [0.1, 0.15) is 16.5 Å². The van der Waals surface area contributed by atoms with Gasteiger partial charge in [-0.1, -0.05) is 18.2 Å². The van der Waals surface area contributed by atoms with Crippen LogP contribution in [0, 0.1) is 5.82 Å². The van der Waals surface area contributed by atoms with Gasteiger partial charge in [0, 0.05) is 17.1 Å². The van der Waals surface area contributed by atoms with Gasteiger partial charge in [0.1, 0.15) is 11.2 Å². The molecule has 33 heavy (non-hydrogen) atoms. The number of amides is 3. The predicted molar refractivity (Wildman–Crippen MR) is 120 cm³/mol. The van der Waals surface area contributed by atoms with Gasteiger partial charge >= 0.3 is 12.2 Å². The Morgan fingerprint density at radius 2 is 1.61 bits per heavy atom. The second-order valence-electron chi connectivity index (χ2n) is 7.18. The van der Waals surface area contributed by atoms with Gasteiger partial charge in [0.25, 0.3) is 0 Å². The maximum Gasteiger partial charge on any atom is 0.416 e. The summed E-state index contributed by atoms with van der Waals surface area (Å²) >= 11 is 1.43. The first-order valence-corrected chi connectivity index (χ1v) is 10.8. The molecule has 0 radical (unpaired) electrons. The molecule has 1 unspecified atom stereocenters. The zero-order valence-corrected chi connectivity index (χ0v) is 17.7. The van der Waals surface area contributed by atoms with Crippen molar-refractivity contribution in [2.45, 2.75) is 11.6 Å². The summed E-state index contributed by atoms with van der Waals surface area (Å²) < 4.78 is 51.7. The van der Waals surface area contributed by atoms with Crippen LogP contribution in [0.5, 0.6) is 0 Å². The monoisotopic (exact) mass is 475 g/mol. The van der Waals surface area contributed by atoms with Crippen molar-refractivity contribution >= 4 is 40.8 Å². The number of carbonyl (C=O) groups excluding carboxylic acids is 2. The van der Waals surface area contributed by atoms with E-state index >= 15 is 0 Å². The molecule has 2 N–H and O–H groups in total. The third-order valence-electron chi connectivity index (χ3n) is 4.87. The predicted octanol–water partition coefficient (Wildman–Crippen LogP) is 6.27. The Bertz CT molecular complexity index is 1170. The lowest BCUT2D eigenvalue weighted by Crippen LogP contribution is -2.27. The third-order valence-corrected chi connectivity index (χ3v) is 6.09. The lowest BCUT2D eigenvalue weighted by atomic mass is 10.1. The Morgan fingerprint density at radius 1 is 0.939 bits per heavy atom. The number of urea groups is 1. The number of nitrogens with one attached hydrogen (secondary N) is 2. The van der Waals surface area contributed by atoms with Crippen LogP contribution >= 0.6 is 11.8 Å². The second-order valence-corrected chi connectivity index (χ2v) is 8.25. The number of hydrogen-bond acceptors (Lipinski definition) is 3. The van der Waals surface area contributed by atoms with E-state index in [9.17, 15) is 27.2 Å². The smallest absolute Gasteiger partial charge is 0.308 e. The highest BCUT2D eigenvalue weighted by molar-refractivity contribution is 8.00. The van der Waals surface area contributed by atoms with Crippen molar-refractivity contribution in [2.75, 3.05) is 21.3 Å². The van der Waals surface area contributed by atoms with Crippen LogP contribution in [-0.2, 0) is 11.0 Å². The molecule has 1 heterocycles. The van der Waals surface area contributed by atoms with Crippen LogP contribution in [-0.4, -0.2) is 17.7 Å². The van der Waals surface area contributed by atoms with E-state index in [-0.39, 0.29) is 22.7 Å². The van der Waals surface area contributed by atoms with Crippen LogP contribution < -0.4 is 15.5 Å². The van der Waals surface area contributed by atoms with Crippen molar-refractivity contribution in [1.82, 2.24) is 0 Å². The molecule has 1 aliphatic rings. The number of hydrogen-bond donors (Lipinski definition) is 2. The summed E-state index contributed by atoms with van der Waals surface area (Å²) in [4.78, 5) is 26.2. The highest BCUT2D eigenvalue weighted by Crippen LogP contribution is 2.42. The van der Waals surface area contributed by atoms with Crippen LogP contribution in [0.4, 0.5) is 39.4 Å². The summed E-state index contributed by atoms with van der Waals surface area (Å²) in [5, 5.41) is 4.63. The number of nitrogens with zero attached hydrogens (tertiary/aromatic N) is 1. The summed E-state index contributed by atoms with van der Waals surface area (Å²) in [7, 11) is 0. The Hall–Kier alpha value is -3.53. The topological polar surface area (TPSA) is 61.4 Å². The zero-order valence-electron chi connectivity index (χ0n) is 16.9. The summed E-state index contributed by atoms with van der Waals surface area (Å²) in [5.74, 6) is -0.214. The molecule has 3 amide bonds. The van der Waals surface area contributed by atoms with Gasteiger partial charge < -0.3 is 10.6 Å². The molecular formula is C23H17F4N3O2S. The van der Waals surface area contributed by atoms with Crippen molar-refractivity contribution in [3.05, 3.63) is 89.7 Å². The standard InChI is InChI=1S/C23H17F4N3O2S/c24-16-6-10-19(11-7-16)30-20(31)13-33-21(30)14-4-8-17(9-5-14)28-22(32)29-18-3-1-2-15(12-18)23(25,26)27/h1-12,21H,13H2,(H2,28,29,32). The molecule has 10 heteroatoms. The Balaban J connectivity index is 1.43. The van der Waals surface area contributed by atoms with Gasteiger partial charge in [-0.2, -0.15) is 13.2 Å². The summed E-state index contributed by atoms with van der Waals surface area (Å²) in [5.41, 5.74) is 0.956. The molecule has 5 nitrogen and oxygen atoms in total. The molecule has 0 spiro atoms. The molecule has 0 aliphatic carbocycles. The average Bonchev–Trinajstić information content (AvgIpc) is 3.16. The van der Waals surface area contributed by atoms with Crippen molar-refractivity contribution in [3.8, 4) is 0 Å². The lowest BCUT2D eigenvalue weighted by Gasteiger charge is -2.24. The highest BCUT2D eigenvalue weighted by atomic mass is 32.2. The molecule has 170 valence electrons. The van der Waals surface area contributed by atoms with Gasteiger partial charge in [0.2, 0.25) is 5.91 Å². The van der Waals surface area contributed by atoms with Gasteiger partial charge in [-0.25, -0.2) is 9.18 Å². The van der Waals surface area contributed by atoms with Gasteiger partial charge in [-0.15, -0.1) is 11.8 Å². The van der Waals surface area contributed by atoms with E-state index in [1.807, 2.05) is 0 Å². The zero-order chi connectivity index (χ0) is 23.6. The summed E-state index contributed by atoms with van der Waals surface area (Å²) in [6.07, 6.45) is -4.51. The number of carbonyl (C=O) groups is 2. The fraction of sp³-hybridized carbons (Fsp3) is 0.130. The fourth-order valence-corrected chi connectivity index (χ4v) is 4.53. The fourth-order valence-electron chi connectivity index (χ4n) is 3.35. The molecule has 1 aliphatic heterocycles. The minimum atomic E-state index is -4.51. The van der Waals surface area contributed by atoms with E-state index in [2.05, 4.69) is 10.6 Å². The Labute approximate surface area is 190 Å². The van der Waals surface area contributed by atoms with Gasteiger partial charge in [-0.05, 0) is 60.2 Å². The maximum atomic E-state index is 13.3. The molecule has 0 aromatic heterocycles. The SMILES string of the molecule is O=C(Nc1ccc(C2SCC(=O)N2c2ccc(F)cc2)cc1)Nc1cccc(C(F)(F)F)c1. The van der Waals surface area contributed by atoms with Crippen molar-refractivity contribution in [3.63, 3.8) is 0 Å². The Kier molecular flexibility index (Phi) is 6.28. The van der Waals surface area contributed by atoms with E-state index < -0.39 is 23.6 Å². The minimum Gasteiger partial charge on any atom is -0.308 e. The first-order chi connectivity index (χ1) is 15.7. The lowest BCUT2D eigenvalue weighted by molar-refractivity contribution is -0.137. The number of alkyl halides is 3. The first-order valence-electron chi connectivity index (χ1n) is 9.75. The number of anilines is 3. The average molecular weight is 475 g/mol. The minimum absolute atomic E-state index is 0.00903. The van der Waals surface area contributed by atoms with Crippen molar-refractivity contribution in [2.24, 2.45) is 0 Å². The number of halogens is 4. The quantitative estimate of drug-likeness (QED) is 0.438. The third kappa shape index (κ3) is 5.28. The van der Waals surface area contributed by atoms with Crippen molar-refractivity contribution in [1.29, 1.82) is 0 Å². The normalized spacial score (nSPS) is 16.1. The molecule has 3 aromatic carbocycles. The van der Waals surface area contributed by atoms with E-state index in [0.29, 0.717) is 11.4 Å². The van der Waals surface area contributed by atoms with E-state index in [1.165, 1.54) is 36.0 Å².